The lowest BCUT2D eigenvalue weighted by molar-refractivity contribution is -0.385. The van der Waals surface area contributed by atoms with Gasteiger partial charge in [-0.15, -0.1) is 0 Å². The van der Waals surface area contributed by atoms with Gasteiger partial charge in [0.15, 0.2) is 11.5 Å². The van der Waals surface area contributed by atoms with E-state index in [1.54, 1.807) is 42.2 Å². The third-order valence-corrected chi connectivity index (χ3v) is 4.90. The average molecular weight is 521 g/mol. The first kappa shape index (κ1) is 24.0. The van der Waals surface area contributed by atoms with Crippen LogP contribution in [0, 0.1) is 10.1 Å². The van der Waals surface area contributed by atoms with Crippen LogP contribution in [0.5, 0.6) is 17.4 Å². The third-order valence-electron chi connectivity index (χ3n) is 4.40. The van der Waals surface area contributed by atoms with Crippen molar-refractivity contribution in [1.82, 2.24) is 9.97 Å². The van der Waals surface area contributed by atoms with Gasteiger partial charge in [-0.1, -0.05) is 15.9 Å². The lowest BCUT2D eigenvalue weighted by atomic mass is 10.3. The number of furan rings is 1. The molecule has 0 aliphatic heterocycles. The van der Waals surface area contributed by atoms with E-state index in [1.165, 1.54) is 13.4 Å². The quantitative estimate of drug-likeness (QED) is 0.202. The molecule has 0 saturated carbocycles. The van der Waals surface area contributed by atoms with Crippen molar-refractivity contribution in [2.75, 3.05) is 25.2 Å². The fourth-order valence-corrected chi connectivity index (χ4v) is 3.30. The number of nitrogens with zero attached hydrogens (tertiary/aromatic N) is 4. The van der Waals surface area contributed by atoms with Crippen LogP contribution in [0.25, 0.3) is 0 Å². The SMILES string of the molecule is CCOC(=O)CCN(Cc1ccco1)c1ncnc(Oc2ccc(Br)cc2OC)c1[N+](=O)[O-]. The second kappa shape index (κ2) is 11.3. The Bertz CT molecular complexity index is 1110. The van der Waals surface area contributed by atoms with E-state index in [-0.39, 0.29) is 43.6 Å². The Hall–Kier alpha value is -3.67. The molecule has 0 fully saturated rings. The molecule has 0 N–H and O–H groups in total. The van der Waals surface area contributed by atoms with E-state index in [0.717, 1.165) is 10.8 Å². The third kappa shape index (κ3) is 6.19. The van der Waals surface area contributed by atoms with Crippen molar-refractivity contribution in [3.05, 3.63) is 63.3 Å². The first-order valence-corrected chi connectivity index (χ1v) is 10.7. The fraction of sp³-hybridized carbons (Fsp3) is 0.286. The number of hydrogen-bond donors (Lipinski definition) is 0. The van der Waals surface area contributed by atoms with Gasteiger partial charge in [-0.05, 0) is 37.3 Å². The molecule has 2 heterocycles. The number of carbonyl (C=O) groups excluding carboxylic acids is 1. The minimum atomic E-state index is -0.629. The van der Waals surface area contributed by atoms with Crippen molar-refractivity contribution in [3.63, 3.8) is 0 Å². The molecule has 1 aromatic carbocycles. The number of ether oxygens (including phenoxy) is 3. The summed E-state index contributed by atoms with van der Waals surface area (Å²) in [6.07, 6.45) is 2.64. The molecule has 3 rings (SSSR count). The number of rotatable bonds is 11. The molecule has 0 atom stereocenters. The van der Waals surface area contributed by atoms with Crippen LogP contribution in [-0.2, 0) is 16.1 Å². The van der Waals surface area contributed by atoms with Gasteiger partial charge >= 0.3 is 17.5 Å². The van der Waals surface area contributed by atoms with Crippen LogP contribution in [0.2, 0.25) is 0 Å². The van der Waals surface area contributed by atoms with Gasteiger partial charge in [-0.25, -0.2) is 4.98 Å². The molecule has 12 heteroatoms. The number of halogens is 1. The van der Waals surface area contributed by atoms with Crippen molar-refractivity contribution in [2.24, 2.45) is 0 Å². The molecule has 174 valence electrons. The molecule has 0 unspecified atom stereocenters. The zero-order valence-corrected chi connectivity index (χ0v) is 19.5. The number of hydrogen-bond acceptors (Lipinski definition) is 10. The fourth-order valence-electron chi connectivity index (χ4n) is 2.96. The second-order valence-corrected chi connectivity index (χ2v) is 7.48. The predicted octanol–water partition coefficient (Wildman–Crippen LogP) is 4.50. The molecule has 0 bridgehead atoms. The summed E-state index contributed by atoms with van der Waals surface area (Å²) < 4.78 is 22.2. The summed E-state index contributed by atoms with van der Waals surface area (Å²) >= 11 is 3.34. The maximum Gasteiger partial charge on any atom is 0.373 e. The minimum absolute atomic E-state index is 0.00751. The molecular formula is C21H21BrN4O7. The Balaban J connectivity index is 1.99. The number of carbonyl (C=O) groups is 1. The van der Waals surface area contributed by atoms with Gasteiger partial charge in [0, 0.05) is 11.0 Å². The maximum atomic E-state index is 12.1. The van der Waals surface area contributed by atoms with Crippen LogP contribution >= 0.6 is 15.9 Å². The van der Waals surface area contributed by atoms with Gasteiger partial charge < -0.3 is 23.5 Å². The number of benzene rings is 1. The van der Waals surface area contributed by atoms with Crippen LogP contribution < -0.4 is 14.4 Å². The maximum absolute atomic E-state index is 12.1. The Kier molecular flexibility index (Phi) is 8.19. The largest absolute Gasteiger partial charge is 0.493 e. The van der Waals surface area contributed by atoms with E-state index in [9.17, 15) is 14.9 Å². The van der Waals surface area contributed by atoms with Crippen molar-refractivity contribution in [2.45, 2.75) is 19.9 Å². The highest BCUT2D eigenvalue weighted by Crippen LogP contribution is 2.40. The predicted molar refractivity (Wildman–Crippen MR) is 120 cm³/mol. The van der Waals surface area contributed by atoms with Gasteiger partial charge in [-0.3, -0.25) is 14.9 Å². The zero-order chi connectivity index (χ0) is 23.8. The summed E-state index contributed by atoms with van der Waals surface area (Å²) in [6, 6.07) is 8.37. The topological polar surface area (TPSA) is 130 Å². The highest BCUT2D eigenvalue weighted by molar-refractivity contribution is 9.10. The first-order valence-electron chi connectivity index (χ1n) is 9.86. The highest BCUT2D eigenvalue weighted by Gasteiger charge is 2.30. The Labute approximate surface area is 197 Å². The monoisotopic (exact) mass is 520 g/mol. The molecule has 3 aromatic rings. The molecule has 11 nitrogen and oxygen atoms in total. The molecule has 0 spiro atoms. The average Bonchev–Trinajstić information content (AvgIpc) is 3.31. The smallest absolute Gasteiger partial charge is 0.373 e. The van der Waals surface area contributed by atoms with Crippen LogP contribution in [0.1, 0.15) is 19.1 Å². The van der Waals surface area contributed by atoms with Gasteiger partial charge in [0.25, 0.3) is 0 Å². The second-order valence-electron chi connectivity index (χ2n) is 6.56. The standard InChI is InChI=1S/C21H21BrN4O7/c1-3-31-18(27)8-9-25(12-15-5-4-10-32-15)20-19(26(28)29)21(24-13-23-20)33-16-7-6-14(22)11-17(16)30-2/h4-7,10-11,13H,3,8-9,12H2,1-2H3. The van der Waals surface area contributed by atoms with E-state index < -0.39 is 16.6 Å². The highest BCUT2D eigenvalue weighted by atomic mass is 79.9. The van der Waals surface area contributed by atoms with Crippen LogP contribution in [0.15, 0.2) is 51.8 Å². The number of nitro groups is 1. The Morgan fingerprint density at radius 1 is 1.27 bits per heavy atom. The van der Waals surface area contributed by atoms with E-state index >= 15 is 0 Å². The van der Waals surface area contributed by atoms with E-state index in [4.69, 9.17) is 18.6 Å². The van der Waals surface area contributed by atoms with E-state index in [0.29, 0.717) is 11.5 Å². The van der Waals surface area contributed by atoms with Crippen LogP contribution in [0.4, 0.5) is 11.5 Å². The molecule has 33 heavy (non-hydrogen) atoms. The molecule has 0 saturated heterocycles. The minimum Gasteiger partial charge on any atom is -0.493 e. The van der Waals surface area contributed by atoms with Crippen LogP contribution in [0.3, 0.4) is 0 Å². The van der Waals surface area contributed by atoms with Gasteiger partial charge in [0.2, 0.25) is 5.82 Å². The zero-order valence-electron chi connectivity index (χ0n) is 17.9. The van der Waals surface area contributed by atoms with Gasteiger partial charge in [0.1, 0.15) is 12.1 Å². The summed E-state index contributed by atoms with van der Waals surface area (Å²) in [7, 11) is 1.45. The molecule has 0 aliphatic carbocycles. The van der Waals surface area contributed by atoms with E-state index in [1.807, 2.05) is 0 Å². The number of anilines is 1. The number of methoxy groups -OCH3 is 1. The van der Waals surface area contributed by atoms with Gasteiger partial charge in [0.05, 0.1) is 37.9 Å². The van der Waals surface area contributed by atoms with E-state index in [2.05, 4.69) is 25.9 Å². The number of aromatic nitrogens is 2. The molecule has 0 aliphatic rings. The van der Waals surface area contributed by atoms with Crippen molar-refractivity contribution in [1.29, 1.82) is 0 Å². The first-order chi connectivity index (χ1) is 15.9. The normalized spacial score (nSPS) is 10.5. The Morgan fingerprint density at radius 2 is 2.09 bits per heavy atom. The summed E-state index contributed by atoms with van der Waals surface area (Å²) in [6.45, 7) is 2.16. The van der Waals surface area contributed by atoms with Gasteiger partial charge in [-0.2, -0.15) is 4.98 Å². The lowest BCUT2D eigenvalue weighted by Crippen LogP contribution is -2.28. The van der Waals surface area contributed by atoms with Crippen molar-refractivity contribution in [3.8, 4) is 17.4 Å². The lowest BCUT2D eigenvalue weighted by Gasteiger charge is -2.22. The summed E-state index contributed by atoms with van der Waals surface area (Å²) in [5.74, 6) is 0.387. The van der Waals surface area contributed by atoms with Crippen LogP contribution in [-0.4, -0.2) is 41.1 Å². The molecular weight excluding hydrogens is 500 g/mol. The molecule has 0 amide bonds. The summed E-state index contributed by atoms with van der Waals surface area (Å²) in [5.41, 5.74) is -0.460. The number of esters is 1. The van der Waals surface area contributed by atoms with Crippen molar-refractivity contribution < 1.29 is 28.3 Å². The summed E-state index contributed by atoms with van der Waals surface area (Å²) in [5, 5.41) is 12.1. The molecule has 2 aromatic heterocycles. The molecule has 0 radical (unpaired) electrons. The summed E-state index contributed by atoms with van der Waals surface area (Å²) in [4.78, 5) is 33.0. The van der Waals surface area contributed by atoms with Crippen molar-refractivity contribution >= 4 is 33.4 Å². The Morgan fingerprint density at radius 3 is 2.76 bits per heavy atom.